The molecule has 29 heavy (non-hydrogen) atoms. The first-order chi connectivity index (χ1) is 13.9. The number of nitrogens with one attached hydrogen (secondary N) is 1. The fourth-order valence-corrected chi connectivity index (χ4v) is 4.01. The van der Waals surface area contributed by atoms with Crippen LogP contribution in [0, 0.1) is 13.8 Å². The van der Waals surface area contributed by atoms with E-state index in [4.69, 9.17) is 12.2 Å². The molecule has 1 aromatic heterocycles. The van der Waals surface area contributed by atoms with Crippen LogP contribution >= 0.6 is 12.2 Å². The molecule has 4 rings (SSSR count). The van der Waals surface area contributed by atoms with Crippen molar-refractivity contribution in [3.8, 4) is 0 Å². The number of carbonyl (C=O) groups excluding carboxylic acids is 2. The molecule has 0 atom stereocenters. The van der Waals surface area contributed by atoms with Crippen molar-refractivity contribution in [2.75, 3.05) is 4.90 Å². The summed E-state index contributed by atoms with van der Waals surface area (Å²) in [5.74, 6) is -0.895. The molecule has 3 aromatic rings. The number of rotatable bonds is 3. The largest absolute Gasteiger partial charge is 0.347 e. The van der Waals surface area contributed by atoms with E-state index in [0.717, 1.165) is 34.1 Å². The Morgan fingerprint density at radius 3 is 2.59 bits per heavy atom. The monoisotopic (exact) mass is 403 g/mol. The van der Waals surface area contributed by atoms with Gasteiger partial charge in [-0.25, -0.2) is 0 Å². The summed E-state index contributed by atoms with van der Waals surface area (Å²) in [6.07, 6.45) is 3.62. The number of nitrogens with zero attached hydrogens (tertiary/aromatic N) is 2. The van der Waals surface area contributed by atoms with Gasteiger partial charge in [0.05, 0.1) is 5.69 Å². The highest BCUT2D eigenvalue weighted by molar-refractivity contribution is 7.80. The van der Waals surface area contributed by atoms with E-state index in [1.807, 2.05) is 62.5 Å². The number of aromatic nitrogens is 1. The van der Waals surface area contributed by atoms with Gasteiger partial charge in [-0.2, -0.15) is 0 Å². The van der Waals surface area contributed by atoms with Crippen molar-refractivity contribution < 1.29 is 9.59 Å². The third-order valence-corrected chi connectivity index (χ3v) is 5.44. The van der Waals surface area contributed by atoms with Gasteiger partial charge < -0.3 is 4.57 Å². The SMILES string of the molecule is CCn1cc(/C=C2\C(=O)NC(=S)N(c3ccc(C)cc3C)C2=O)c2ccccc21. The first kappa shape index (κ1) is 19.1. The zero-order valence-electron chi connectivity index (χ0n) is 16.5. The highest BCUT2D eigenvalue weighted by Gasteiger charge is 2.35. The summed E-state index contributed by atoms with van der Waals surface area (Å²) in [7, 11) is 0. The standard InChI is InChI=1S/C23H21N3O2S/c1-4-25-13-16(17-7-5-6-8-20(17)25)12-18-21(27)24-23(29)26(22(18)28)19-10-9-14(2)11-15(19)3/h5-13H,4H2,1-3H3,(H,24,27,29)/b18-12+. The van der Waals surface area contributed by atoms with Crippen molar-refractivity contribution in [1.29, 1.82) is 0 Å². The molecule has 1 N–H and O–H groups in total. The minimum absolute atomic E-state index is 0.0672. The van der Waals surface area contributed by atoms with E-state index in [-0.39, 0.29) is 10.7 Å². The van der Waals surface area contributed by atoms with Crippen LogP contribution in [-0.4, -0.2) is 21.5 Å². The van der Waals surface area contributed by atoms with Crippen molar-refractivity contribution in [3.05, 3.63) is 70.9 Å². The summed E-state index contributed by atoms with van der Waals surface area (Å²) in [5.41, 5.74) is 4.64. The summed E-state index contributed by atoms with van der Waals surface area (Å²) >= 11 is 5.32. The zero-order valence-corrected chi connectivity index (χ0v) is 17.3. The molecule has 146 valence electrons. The normalized spacial score (nSPS) is 16.0. The van der Waals surface area contributed by atoms with Crippen LogP contribution in [0.3, 0.4) is 0 Å². The molecule has 1 saturated heterocycles. The van der Waals surface area contributed by atoms with Gasteiger partial charge in [-0.3, -0.25) is 19.8 Å². The first-order valence-corrected chi connectivity index (χ1v) is 9.88. The van der Waals surface area contributed by atoms with Gasteiger partial charge in [0.25, 0.3) is 11.8 Å². The molecule has 2 heterocycles. The average molecular weight is 404 g/mol. The van der Waals surface area contributed by atoms with Crippen LogP contribution < -0.4 is 10.2 Å². The molecule has 0 radical (unpaired) electrons. The highest BCUT2D eigenvalue weighted by Crippen LogP contribution is 2.28. The van der Waals surface area contributed by atoms with Gasteiger partial charge in [0.2, 0.25) is 0 Å². The second-order valence-electron chi connectivity index (χ2n) is 7.14. The first-order valence-electron chi connectivity index (χ1n) is 9.47. The molecule has 0 aliphatic carbocycles. The van der Waals surface area contributed by atoms with Crippen LogP contribution in [0.1, 0.15) is 23.6 Å². The number of carbonyl (C=O) groups is 2. The average Bonchev–Trinajstić information content (AvgIpc) is 3.04. The minimum Gasteiger partial charge on any atom is -0.347 e. The number of benzene rings is 2. The van der Waals surface area contributed by atoms with Crippen LogP contribution in [0.2, 0.25) is 0 Å². The van der Waals surface area contributed by atoms with Crippen LogP contribution in [-0.2, 0) is 16.1 Å². The lowest BCUT2D eigenvalue weighted by molar-refractivity contribution is -0.122. The lowest BCUT2D eigenvalue weighted by atomic mass is 10.0. The highest BCUT2D eigenvalue weighted by atomic mass is 32.1. The van der Waals surface area contributed by atoms with Crippen molar-refractivity contribution in [1.82, 2.24) is 9.88 Å². The van der Waals surface area contributed by atoms with Gasteiger partial charge in [-0.05, 0) is 56.8 Å². The van der Waals surface area contributed by atoms with E-state index >= 15 is 0 Å². The predicted molar refractivity (Wildman–Crippen MR) is 120 cm³/mol. The van der Waals surface area contributed by atoms with Crippen LogP contribution in [0.25, 0.3) is 17.0 Å². The van der Waals surface area contributed by atoms with E-state index < -0.39 is 11.8 Å². The number of hydrogen-bond acceptors (Lipinski definition) is 3. The van der Waals surface area contributed by atoms with Gasteiger partial charge in [-0.15, -0.1) is 0 Å². The fourth-order valence-electron chi connectivity index (χ4n) is 3.74. The molecule has 0 spiro atoms. The van der Waals surface area contributed by atoms with Crippen LogP contribution in [0.15, 0.2) is 54.2 Å². The lowest BCUT2D eigenvalue weighted by Gasteiger charge is -2.30. The summed E-state index contributed by atoms with van der Waals surface area (Å²) in [6.45, 7) is 6.77. The maximum atomic E-state index is 13.3. The summed E-state index contributed by atoms with van der Waals surface area (Å²) in [5, 5.41) is 3.75. The smallest absolute Gasteiger partial charge is 0.270 e. The fraction of sp³-hybridized carbons (Fsp3) is 0.174. The number of aryl methyl sites for hydroxylation is 3. The van der Waals surface area contributed by atoms with Gasteiger partial charge >= 0.3 is 0 Å². The summed E-state index contributed by atoms with van der Waals surface area (Å²) < 4.78 is 2.10. The quantitative estimate of drug-likeness (QED) is 0.407. The number of fused-ring (bicyclic) bond motifs is 1. The van der Waals surface area contributed by atoms with Crippen molar-refractivity contribution in [2.24, 2.45) is 0 Å². The Bertz CT molecular complexity index is 1210. The van der Waals surface area contributed by atoms with E-state index in [1.54, 1.807) is 6.08 Å². The topological polar surface area (TPSA) is 54.3 Å². The molecule has 1 aliphatic rings. The Morgan fingerprint density at radius 1 is 1.10 bits per heavy atom. The number of amides is 2. The van der Waals surface area contributed by atoms with Crippen LogP contribution in [0.5, 0.6) is 0 Å². The Balaban J connectivity index is 1.83. The Hall–Kier alpha value is -3.25. The molecule has 0 saturated carbocycles. The molecule has 5 nitrogen and oxygen atoms in total. The van der Waals surface area contributed by atoms with E-state index in [0.29, 0.717) is 5.69 Å². The Labute approximate surface area is 174 Å². The predicted octanol–water partition coefficient (Wildman–Crippen LogP) is 4.11. The molecular formula is C23H21N3O2S. The van der Waals surface area contributed by atoms with Gasteiger partial charge in [0, 0.05) is 29.2 Å². The van der Waals surface area contributed by atoms with Crippen molar-refractivity contribution >= 4 is 51.8 Å². The van der Waals surface area contributed by atoms with E-state index in [1.165, 1.54) is 4.90 Å². The third-order valence-electron chi connectivity index (χ3n) is 5.15. The molecule has 2 aromatic carbocycles. The molecule has 1 aliphatic heterocycles. The number of hydrogen-bond donors (Lipinski definition) is 1. The maximum absolute atomic E-state index is 13.3. The zero-order chi connectivity index (χ0) is 20.7. The van der Waals surface area contributed by atoms with Gasteiger partial charge in [0.1, 0.15) is 5.57 Å². The van der Waals surface area contributed by atoms with E-state index in [2.05, 4.69) is 16.8 Å². The summed E-state index contributed by atoms with van der Waals surface area (Å²) in [6, 6.07) is 13.7. The van der Waals surface area contributed by atoms with Crippen molar-refractivity contribution in [3.63, 3.8) is 0 Å². The molecule has 0 unspecified atom stereocenters. The van der Waals surface area contributed by atoms with Crippen molar-refractivity contribution in [2.45, 2.75) is 27.3 Å². The Kier molecular flexibility index (Phi) is 4.80. The van der Waals surface area contributed by atoms with Gasteiger partial charge in [-0.1, -0.05) is 35.9 Å². The molecule has 2 amide bonds. The minimum atomic E-state index is -0.477. The Morgan fingerprint density at radius 2 is 1.86 bits per heavy atom. The molecule has 6 heteroatoms. The van der Waals surface area contributed by atoms with Crippen LogP contribution in [0.4, 0.5) is 5.69 Å². The van der Waals surface area contributed by atoms with E-state index in [9.17, 15) is 9.59 Å². The molecule has 0 bridgehead atoms. The number of thiocarbonyl (C=S) groups is 1. The maximum Gasteiger partial charge on any atom is 0.270 e. The lowest BCUT2D eigenvalue weighted by Crippen LogP contribution is -2.54. The second-order valence-corrected chi connectivity index (χ2v) is 7.52. The van der Waals surface area contributed by atoms with Gasteiger partial charge in [0.15, 0.2) is 5.11 Å². The number of para-hydroxylation sites is 1. The third kappa shape index (κ3) is 3.25. The second kappa shape index (κ2) is 7.29. The number of anilines is 1. The molecular weight excluding hydrogens is 382 g/mol. The molecule has 1 fully saturated rings. The summed E-state index contributed by atoms with van der Waals surface area (Å²) in [4.78, 5) is 27.3.